The molecule has 0 aliphatic carbocycles. The van der Waals surface area contributed by atoms with Crippen molar-refractivity contribution in [1.29, 1.82) is 0 Å². The quantitative estimate of drug-likeness (QED) is 0.624. The lowest BCUT2D eigenvalue weighted by atomic mass is 10.2. The summed E-state index contributed by atoms with van der Waals surface area (Å²) in [6.07, 6.45) is 3.35. The van der Waals surface area contributed by atoms with E-state index in [-0.39, 0.29) is 21.4 Å². The fourth-order valence-electron chi connectivity index (χ4n) is 3.50. The zero-order valence-corrected chi connectivity index (χ0v) is 19.0. The van der Waals surface area contributed by atoms with Gasteiger partial charge in [-0.3, -0.25) is 9.10 Å². The first-order valence-corrected chi connectivity index (χ1v) is 12.0. The molecular weight excluding hydrogens is 422 g/mol. The van der Waals surface area contributed by atoms with Crippen LogP contribution in [0.3, 0.4) is 0 Å². The monoisotopic (exact) mass is 449 g/mol. The number of anilines is 1. The summed E-state index contributed by atoms with van der Waals surface area (Å²) in [4.78, 5) is 15.2. The number of hydrogen-bond donors (Lipinski definition) is 1. The summed E-state index contributed by atoms with van der Waals surface area (Å²) < 4.78 is 27.0. The summed E-state index contributed by atoms with van der Waals surface area (Å²) in [7, 11) is -2.27. The molecule has 2 aromatic carbocycles. The maximum absolute atomic E-state index is 12.9. The molecule has 30 heavy (non-hydrogen) atoms. The highest BCUT2D eigenvalue weighted by molar-refractivity contribution is 7.92. The molecule has 1 aliphatic heterocycles. The Morgan fingerprint density at radius 3 is 2.47 bits per heavy atom. The van der Waals surface area contributed by atoms with Crippen LogP contribution < -0.4 is 9.62 Å². The topological polar surface area (TPSA) is 69.7 Å². The van der Waals surface area contributed by atoms with Gasteiger partial charge in [0.1, 0.15) is 0 Å². The molecule has 0 aromatic heterocycles. The van der Waals surface area contributed by atoms with E-state index in [4.69, 9.17) is 11.6 Å². The van der Waals surface area contributed by atoms with Gasteiger partial charge in [0.25, 0.3) is 15.9 Å². The molecule has 2 aromatic rings. The zero-order chi connectivity index (χ0) is 21.7. The number of rotatable bonds is 8. The third-order valence-electron chi connectivity index (χ3n) is 5.37. The fourth-order valence-corrected chi connectivity index (χ4v) is 4.89. The number of hydrogen-bond acceptors (Lipinski definition) is 4. The fraction of sp³-hybridized carbons (Fsp3) is 0.409. The first-order chi connectivity index (χ1) is 14.3. The Labute approximate surface area is 183 Å². The van der Waals surface area contributed by atoms with E-state index < -0.39 is 10.0 Å². The predicted molar refractivity (Wildman–Crippen MR) is 121 cm³/mol. The Kier molecular flexibility index (Phi) is 7.39. The van der Waals surface area contributed by atoms with Crippen molar-refractivity contribution in [1.82, 2.24) is 10.2 Å². The number of likely N-dealkylation sites (tertiary alicyclic amines) is 1. The highest BCUT2D eigenvalue weighted by atomic mass is 35.5. The molecule has 1 aliphatic rings. The van der Waals surface area contributed by atoms with Crippen molar-refractivity contribution >= 4 is 33.2 Å². The first-order valence-electron chi connectivity index (χ1n) is 10.1. The van der Waals surface area contributed by atoms with Crippen LogP contribution in [0.5, 0.6) is 0 Å². The average Bonchev–Trinajstić information content (AvgIpc) is 3.25. The molecular formula is C22H28ClN3O3S. The molecule has 0 unspecified atom stereocenters. The second-order valence-corrected chi connectivity index (χ2v) is 9.98. The normalized spacial score (nSPS) is 14.6. The van der Waals surface area contributed by atoms with Crippen LogP contribution in [-0.2, 0) is 10.0 Å². The molecule has 1 N–H and O–H groups in total. The minimum atomic E-state index is -3.74. The molecule has 1 saturated heterocycles. The minimum absolute atomic E-state index is 0.193. The maximum Gasteiger partial charge on any atom is 0.264 e. The molecule has 162 valence electrons. The van der Waals surface area contributed by atoms with Gasteiger partial charge in [0.15, 0.2) is 0 Å². The van der Waals surface area contributed by atoms with Crippen LogP contribution in [0.2, 0.25) is 5.02 Å². The summed E-state index contributed by atoms with van der Waals surface area (Å²) in [6.45, 7) is 5.67. The van der Waals surface area contributed by atoms with Crippen LogP contribution in [0.1, 0.15) is 35.2 Å². The smallest absolute Gasteiger partial charge is 0.264 e. The lowest BCUT2D eigenvalue weighted by Gasteiger charge is -2.21. The third kappa shape index (κ3) is 5.33. The number of carbonyl (C=O) groups is 1. The van der Waals surface area contributed by atoms with Gasteiger partial charge in [-0.2, -0.15) is 0 Å². The summed E-state index contributed by atoms with van der Waals surface area (Å²) in [6, 6.07) is 11.3. The standard InChI is InChI=1S/C22H28ClN3O3S/c1-17-6-9-19(10-7-17)30(28,29)25(2)18-8-11-21(23)20(16-18)22(27)24-12-5-15-26-13-3-4-14-26/h6-11,16H,3-5,12-15H2,1-2H3,(H,24,27). The number of amides is 1. The summed E-state index contributed by atoms with van der Waals surface area (Å²) in [5.41, 5.74) is 1.62. The number of nitrogens with one attached hydrogen (secondary N) is 1. The largest absolute Gasteiger partial charge is 0.352 e. The van der Waals surface area contributed by atoms with Gasteiger partial charge < -0.3 is 10.2 Å². The van der Waals surface area contributed by atoms with Crippen molar-refractivity contribution < 1.29 is 13.2 Å². The lowest BCUT2D eigenvalue weighted by molar-refractivity contribution is 0.0952. The van der Waals surface area contributed by atoms with Gasteiger partial charge in [-0.05, 0) is 76.2 Å². The highest BCUT2D eigenvalue weighted by Crippen LogP contribution is 2.27. The highest BCUT2D eigenvalue weighted by Gasteiger charge is 2.23. The molecule has 1 fully saturated rings. The molecule has 0 radical (unpaired) electrons. The van der Waals surface area contributed by atoms with Crippen LogP contribution in [0.15, 0.2) is 47.4 Å². The second kappa shape index (κ2) is 9.81. The number of carbonyl (C=O) groups excluding carboxylic acids is 1. The molecule has 8 heteroatoms. The number of halogens is 1. The van der Waals surface area contributed by atoms with Crippen LogP contribution >= 0.6 is 11.6 Å². The Hall–Kier alpha value is -2.09. The Morgan fingerprint density at radius 1 is 1.13 bits per heavy atom. The second-order valence-electron chi connectivity index (χ2n) is 7.61. The van der Waals surface area contributed by atoms with Gasteiger partial charge in [0.05, 0.1) is 21.2 Å². The van der Waals surface area contributed by atoms with E-state index in [0.29, 0.717) is 12.2 Å². The van der Waals surface area contributed by atoms with Crippen LogP contribution in [-0.4, -0.2) is 52.5 Å². The summed E-state index contributed by atoms with van der Waals surface area (Å²) in [5, 5.41) is 3.18. The average molecular weight is 450 g/mol. The van der Waals surface area contributed by atoms with Crippen molar-refractivity contribution in [3.63, 3.8) is 0 Å². The molecule has 6 nitrogen and oxygen atoms in total. The minimum Gasteiger partial charge on any atom is -0.352 e. The number of aryl methyl sites for hydroxylation is 1. The number of sulfonamides is 1. The van der Waals surface area contributed by atoms with Crippen molar-refractivity contribution in [2.24, 2.45) is 0 Å². The van der Waals surface area contributed by atoms with Crippen LogP contribution in [0.25, 0.3) is 0 Å². The molecule has 1 heterocycles. The number of benzene rings is 2. The van der Waals surface area contributed by atoms with E-state index in [1.807, 2.05) is 6.92 Å². The van der Waals surface area contributed by atoms with Crippen LogP contribution in [0.4, 0.5) is 5.69 Å². The molecule has 1 amide bonds. The van der Waals surface area contributed by atoms with Crippen molar-refractivity contribution in [2.45, 2.75) is 31.1 Å². The van der Waals surface area contributed by atoms with E-state index in [0.717, 1.165) is 35.9 Å². The SMILES string of the molecule is Cc1ccc(S(=O)(=O)N(C)c2ccc(Cl)c(C(=O)NCCCN3CCCC3)c2)cc1. The Morgan fingerprint density at radius 2 is 1.80 bits per heavy atom. The van der Waals surface area contributed by atoms with E-state index in [9.17, 15) is 13.2 Å². The Balaban J connectivity index is 1.68. The zero-order valence-electron chi connectivity index (χ0n) is 17.4. The van der Waals surface area contributed by atoms with Gasteiger partial charge in [-0.1, -0.05) is 29.3 Å². The molecule has 0 saturated carbocycles. The van der Waals surface area contributed by atoms with Gasteiger partial charge in [0.2, 0.25) is 0 Å². The van der Waals surface area contributed by atoms with Crippen LogP contribution in [0, 0.1) is 6.92 Å². The van der Waals surface area contributed by atoms with E-state index in [2.05, 4.69) is 10.2 Å². The molecule has 0 atom stereocenters. The Bertz CT molecular complexity index is 987. The van der Waals surface area contributed by atoms with Crippen molar-refractivity contribution in [2.75, 3.05) is 37.5 Å². The van der Waals surface area contributed by atoms with Gasteiger partial charge >= 0.3 is 0 Å². The third-order valence-corrected chi connectivity index (χ3v) is 7.50. The van der Waals surface area contributed by atoms with Crippen molar-refractivity contribution in [3.8, 4) is 0 Å². The van der Waals surface area contributed by atoms with Gasteiger partial charge in [-0.25, -0.2) is 8.42 Å². The summed E-state index contributed by atoms with van der Waals surface area (Å²) >= 11 is 6.22. The van der Waals surface area contributed by atoms with E-state index in [1.165, 1.54) is 26.0 Å². The van der Waals surface area contributed by atoms with Gasteiger partial charge in [0, 0.05) is 13.6 Å². The number of nitrogens with zero attached hydrogens (tertiary/aromatic N) is 2. The van der Waals surface area contributed by atoms with Gasteiger partial charge in [-0.15, -0.1) is 0 Å². The van der Waals surface area contributed by atoms with E-state index >= 15 is 0 Å². The molecule has 0 spiro atoms. The molecule has 3 rings (SSSR count). The predicted octanol–water partition coefficient (Wildman–Crippen LogP) is 3.69. The summed E-state index contributed by atoms with van der Waals surface area (Å²) in [5.74, 6) is -0.301. The first kappa shape index (κ1) is 22.6. The molecule has 0 bridgehead atoms. The van der Waals surface area contributed by atoms with E-state index in [1.54, 1.807) is 36.4 Å². The maximum atomic E-state index is 12.9. The lowest BCUT2D eigenvalue weighted by Crippen LogP contribution is -2.29. The van der Waals surface area contributed by atoms with Crippen molar-refractivity contribution in [3.05, 3.63) is 58.6 Å².